The number of amides is 1. The van der Waals surface area contributed by atoms with Crippen LogP contribution in [0.5, 0.6) is 0 Å². The molecule has 5 nitrogen and oxygen atoms in total. The Bertz CT molecular complexity index is 330. The molecule has 0 aromatic heterocycles. The number of nitriles is 1. The molecule has 17 heavy (non-hydrogen) atoms. The zero-order valence-electron chi connectivity index (χ0n) is 11.2. The molecule has 1 fully saturated rings. The summed E-state index contributed by atoms with van der Waals surface area (Å²) < 4.78 is 5.35. The molecular weight excluding hydrogens is 218 g/mol. The van der Waals surface area contributed by atoms with E-state index in [9.17, 15) is 4.79 Å². The largest absolute Gasteiger partial charge is 0.444 e. The fraction of sp³-hybridized carbons (Fsp3) is 0.833. The van der Waals surface area contributed by atoms with Gasteiger partial charge in [0.25, 0.3) is 0 Å². The molecule has 0 aromatic rings. The molecule has 1 saturated heterocycles. The number of nitrogens with zero attached hydrogens (tertiary/aromatic N) is 3. The molecule has 0 aromatic carbocycles. The highest BCUT2D eigenvalue weighted by molar-refractivity contribution is 5.68. The lowest BCUT2D eigenvalue weighted by atomic mass is 10.1. The van der Waals surface area contributed by atoms with Crippen molar-refractivity contribution in [2.75, 3.05) is 13.1 Å². The summed E-state index contributed by atoms with van der Waals surface area (Å²) in [5, 5.41) is 8.93. The molecule has 0 saturated carbocycles. The van der Waals surface area contributed by atoms with Crippen molar-refractivity contribution >= 4 is 6.09 Å². The number of carbonyl (C=O) groups excluding carboxylic acids is 1. The van der Waals surface area contributed by atoms with Gasteiger partial charge in [-0.25, -0.2) is 4.79 Å². The van der Waals surface area contributed by atoms with Crippen LogP contribution in [0.25, 0.3) is 0 Å². The highest BCUT2D eigenvalue weighted by atomic mass is 16.6. The van der Waals surface area contributed by atoms with E-state index in [0.717, 1.165) is 0 Å². The van der Waals surface area contributed by atoms with Gasteiger partial charge in [0.15, 0.2) is 6.19 Å². The summed E-state index contributed by atoms with van der Waals surface area (Å²) in [6.45, 7) is 10.5. The van der Waals surface area contributed by atoms with Gasteiger partial charge in [-0.15, -0.1) is 0 Å². The molecule has 1 aliphatic rings. The Morgan fingerprint density at radius 3 is 2.35 bits per heavy atom. The zero-order valence-corrected chi connectivity index (χ0v) is 11.2. The van der Waals surface area contributed by atoms with Crippen LogP contribution in [0.3, 0.4) is 0 Å². The fourth-order valence-electron chi connectivity index (χ4n) is 1.84. The number of rotatable bonds is 0. The molecular formula is C12H21N3O2. The monoisotopic (exact) mass is 239 g/mol. The van der Waals surface area contributed by atoms with Crippen molar-refractivity contribution in [3.63, 3.8) is 0 Å². The Balaban J connectivity index is 2.67. The highest BCUT2D eigenvalue weighted by Gasteiger charge is 2.33. The average molecular weight is 239 g/mol. The maximum Gasteiger partial charge on any atom is 0.410 e. The number of ether oxygens (including phenoxy) is 1. The van der Waals surface area contributed by atoms with E-state index in [1.807, 2.05) is 34.6 Å². The van der Waals surface area contributed by atoms with Crippen molar-refractivity contribution in [3.05, 3.63) is 0 Å². The van der Waals surface area contributed by atoms with Crippen LogP contribution in [0.15, 0.2) is 0 Å². The van der Waals surface area contributed by atoms with Gasteiger partial charge in [-0.05, 0) is 34.6 Å². The second kappa shape index (κ2) is 4.82. The predicted molar refractivity (Wildman–Crippen MR) is 64.2 cm³/mol. The molecule has 0 N–H and O–H groups in total. The second-order valence-electron chi connectivity index (χ2n) is 5.58. The first-order chi connectivity index (χ1) is 7.74. The van der Waals surface area contributed by atoms with Gasteiger partial charge in [0, 0.05) is 13.1 Å². The second-order valence-corrected chi connectivity index (χ2v) is 5.58. The van der Waals surface area contributed by atoms with Crippen molar-refractivity contribution in [2.45, 2.75) is 52.3 Å². The lowest BCUT2D eigenvalue weighted by Gasteiger charge is -2.41. The van der Waals surface area contributed by atoms with Crippen molar-refractivity contribution in [3.8, 4) is 6.19 Å². The van der Waals surface area contributed by atoms with Crippen LogP contribution in [0.1, 0.15) is 34.6 Å². The third kappa shape index (κ3) is 3.52. The Morgan fingerprint density at radius 2 is 1.88 bits per heavy atom. The fourth-order valence-corrected chi connectivity index (χ4v) is 1.84. The van der Waals surface area contributed by atoms with Gasteiger partial charge in [0.05, 0.1) is 12.1 Å². The van der Waals surface area contributed by atoms with Crippen LogP contribution in [-0.4, -0.2) is 46.7 Å². The topological polar surface area (TPSA) is 56.6 Å². The summed E-state index contributed by atoms with van der Waals surface area (Å²) in [5.74, 6) is 0. The van der Waals surface area contributed by atoms with Crippen LogP contribution in [0.4, 0.5) is 4.79 Å². The van der Waals surface area contributed by atoms with E-state index in [2.05, 4.69) is 6.19 Å². The van der Waals surface area contributed by atoms with Crippen LogP contribution < -0.4 is 0 Å². The SMILES string of the molecule is C[C@@H]1CN(C#N)[C@@H](C)CN1C(=O)OC(C)(C)C. The molecule has 0 aliphatic carbocycles. The summed E-state index contributed by atoms with van der Waals surface area (Å²) in [4.78, 5) is 15.4. The number of carbonyl (C=O) groups is 1. The van der Waals surface area contributed by atoms with E-state index in [1.54, 1.807) is 9.80 Å². The minimum absolute atomic E-state index is 0.000648. The first-order valence-electron chi connectivity index (χ1n) is 5.90. The lowest BCUT2D eigenvalue weighted by molar-refractivity contribution is -0.00114. The number of hydrogen-bond donors (Lipinski definition) is 0. The Morgan fingerprint density at radius 1 is 1.29 bits per heavy atom. The summed E-state index contributed by atoms with van der Waals surface area (Å²) in [6.07, 6.45) is 1.85. The van der Waals surface area contributed by atoms with Gasteiger partial charge in [0.2, 0.25) is 0 Å². The number of hydrogen-bond acceptors (Lipinski definition) is 4. The summed E-state index contributed by atoms with van der Waals surface area (Å²) in [7, 11) is 0. The van der Waals surface area contributed by atoms with E-state index in [4.69, 9.17) is 10.00 Å². The zero-order chi connectivity index (χ0) is 13.2. The van der Waals surface area contributed by atoms with Gasteiger partial charge < -0.3 is 14.5 Å². The molecule has 2 atom stereocenters. The third-order valence-corrected chi connectivity index (χ3v) is 2.74. The Labute approximate surface area is 103 Å². The Kier molecular flexibility index (Phi) is 3.87. The van der Waals surface area contributed by atoms with Crippen LogP contribution >= 0.6 is 0 Å². The third-order valence-electron chi connectivity index (χ3n) is 2.74. The van der Waals surface area contributed by atoms with Crippen molar-refractivity contribution in [1.29, 1.82) is 5.26 Å². The van der Waals surface area contributed by atoms with Crippen molar-refractivity contribution in [2.24, 2.45) is 0 Å². The first-order valence-corrected chi connectivity index (χ1v) is 5.90. The Hall–Kier alpha value is -1.44. The van der Waals surface area contributed by atoms with E-state index >= 15 is 0 Å². The van der Waals surface area contributed by atoms with Gasteiger partial charge in [-0.2, -0.15) is 5.26 Å². The minimum atomic E-state index is -0.480. The van der Waals surface area contributed by atoms with E-state index in [-0.39, 0.29) is 18.2 Å². The molecule has 0 spiro atoms. The van der Waals surface area contributed by atoms with Gasteiger partial charge in [0.1, 0.15) is 5.60 Å². The molecule has 1 amide bonds. The summed E-state index contributed by atoms with van der Waals surface area (Å²) in [5.41, 5.74) is -0.480. The van der Waals surface area contributed by atoms with E-state index in [1.165, 1.54) is 0 Å². The maximum absolute atomic E-state index is 12.0. The minimum Gasteiger partial charge on any atom is -0.444 e. The molecule has 1 rings (SSSR count). The van der Waals surface area contributed by atoms with Gasteiger partial charge in [-0.1, -0.05) is 0 Å². The molecule has 0 unspecified atom stereocenters. The van der Waals surface area contributed by atoms with Gasteiger partial charge >= 0.3 is 6.09 Å². The molecule has 0 radical (unpaired) electrons. The highest BCUT2D eigenvalue weighted by Crippen LogP contribution is 2.18. The smallest absolute Gasteiger partial charge is 0.410 e. The molecule has 5 heteroatoms. The van der Waals surface area contributed by atoms with Crippen molar-refractivity contribution < 1.29 is 9.53 Å². The molecule has 1 heterocycles. The van der Waals surface area contributed by atoms with Crippen LogP contribution in [0, 0.1) is 11.5 Å². The van der Waals surface area contributed by atoms with Crippen molar-refractivity contribution in [1.82, 2.24) is 9.80 Å². The molecule has 96 valence electrons. The molecule has 0 bridgehead atoms. The average Bonchev–Trinajstić information content (AvgIpc) is 2.18. The number of piperazine rings is 1. The normalized spacial score (nSPS) is 25.4. The predicted octanol–water partition coefficient (Wildman–Crippen LogP) is 1.80. The van der Waals surface area contributed by atoms with Crippen LogP contribution in [0.2, 0.25) is 0 Å². The first kappa shape index (κ1) is 13.6. The van der Waals surface area contributed by atoms with E-state index in [0.29, 0.717) is 13.1 Å². The van der Waals surface area contributed by atoms with Crippen LogP contribution in [-0.2, 0) is 4.74 Å². The maximum atomic E-state index is 12.0. The summed E-state index contributed by atoms with van der Waals surface area (Å²) >= 11 is 0. The molecule has 1 aliphatic heterocycles. The lowest BCUT2D eigenvalue weighted by Crippen LogP contribution is -2.57. The summed E-state index contributed by atoms with van der Waals surface area (Å²) in [6, 6.07) is 0.0458. The standard InChI is InChI=1S/C12H21N3O2/c1-9-7-15(10(2)6-14(9)8-13)11(16)17-12(3,4)5/h9-10H,6-7H2,1-5H3/t9-,10+/m0/s1. The quantitative estimate of drug-likeness (QED) is 0.605. The van der Waals surface area contributed by atoms with E-state index < -0.39 is 5.60 Å². The van der Waals surface area contributed by atoms with Gasteiger partial charge in [-0.3, -0.25) is 0 Å².